The molecular weight excluding hydrogens is 298 g/mol. The summed E-state index contributed by atoms with van der Waals surface area (Å²) >= 11 is 2.57. The van der Waals surface area contributed by atoms with Crippen LogP contribution in [-0.2, 0) is 9.59 Å². The van der Waals surface area contributed by atoms with Gasteiger partial charge in [-0.1, -0.05) is 11.8 Å². The first-order valence-electron chi connectivity index (χ1n) is 5.98. The van der Waals surface area contributed by atoms with Crippen molar-refractivity contribution < 1.29 is 14.7 Å². The maximum atomic E-state index is 11.6. The van der Waals surface area contributed by atoms with Crippen molar-refractivity contribution in [2.75, 3.05) is 23.8 Å². The molecule has 20 heavy (non-hydrogen) atoms. The number of hydrogen-bond donors (Lipinski definition) is 2. The first-order chi connectivity index (χ1) is 9.47. The van der Waals surface area contributed by atoms with E-state index in [1.165, 1.54) is 23.5 Å². The van der Waals surface area contributed by atoms with Gasteiger partial charge in [-0.15, -0.1) is 11.8 Å². The lowest BCUT2D eigenvalue weighted by Crippen LogP contribution is -2.27. The van der Waals surface area contributed by atoms with E-state index in [4.69, 9.17) is 5.11 Å². The Balaban J connectivity index is 2.21. The van der Waals surface area contributed by atoms with Crippen molar-refractivity contribution >= 4 is 35.4 Å². The predicted molar refractivity (Wildman–Crippen MR) is 80.2 cm³/mol. The maximum absolute atomic E-state index is 11.6. The molecule has 110 valence electrons. The number of rotatable bonds is 8. The van der Waals surface area contributed by atoms with E-state index in [0.29, 0.717) is 17.5 Å². The zero-order valence-electron chi connectivity index (χ0n) is 11.4. The molecule has 1 aromatic heterocycles. The molecule has 0 bridgehead atoms. The summed E-state index contributed by atoms with van der Waals surface area (Å²) in [6.45, 7) is 4.24. The minimum Gasteiger partial charge on any atom is -0.481 e. The largest absolute Gasteiger partial charge is 0.481 e. The molecule has 6 nitrogen and oxygen atoms in total. The number of aliphatic carboxylic acids is 1. The molecule has 0 atom stereocenters. The molecule has 0 fully saturated rings. The summed E-state index contributed by atoms with van der Waals surface area (Å²) < 4.78 is 0. The van der Waals surface area contributed by atoms with Crippen molar-refractivity contribution in [2.45, 2.75) is 19.0 Å². The lowest BCUT2D eigenvalue weighted by molar-refractivity contribution is -0.133. The van der Waals surface area contributed by atoms with Crippen molar-refractivity contribution in [1.82, 2.24) is 15.3 Å². The van der Waals surface area contributed by atoms with E-state index in [-0.39, 0.29) is 17.4 Å². The van der Waals surface area contributed by atoms with E-state index in [1.807, 2.05) is 19.9 Å². The molecule has 8 heteroatoms. The fourth-order valence-corrected chi connectivity index (χ4v) is 2.71. The van der Waals surface area contributed by atoms with E-state index in [1.54, 1.807) is 0 Å². The number of amides is 1. The van der Waals surface area contributed by atoms with Crippen LogP contribution in [0.5, 0.6) is 0 Å². The highest BCUT2D eigenvalue weighted by atomic mass is 32.2. The SMILES string of the molecule is Cc1cc(C)nc(SCC(=O)NCCSCC(=O)O)n1. The molecule has 0 saturated heterocycles. The minimum atomic E-state index is -0.844. The van der Waals surface area contributed by atoms with Gasteiger partial charge in [-0.05, 0) is 19.9 Å². The zero-order valence-corrected chi connectivity index (χ0v) is 13.0. The van der Waals surface area contributed by atoms with Crippen LogP contribution in [0, 0.1) is 13.8 Å². The molecule has 0 spiro atoms. The molecule has 0 unspecified atom stereocenters. The van der Waals surface area contributed by atoms with E-state index < -0.39 is 5.97 Å². The molecule has 0 aliphatic carbocycles. The van der Waals surface area contributed by atoms with Gasteiger partial charge in [0.05, 0.1) is 11.5 Å². The Morgan fingerprint density at radius 1 is 1.25 bits per heavy atom. The second kappa shape index (κ2) is 8.80. The third-order valence-electron chi connectivity index (χ3n) is 2.09. The Bertz CT molecular complexity index is 463. The number of nitrogens with zero attached hydrogens (tertiary/aromatic N) is 2. The van der Waals surface area contributed by atoms with Gasteiger partial charge < -0.3 is 10.4 Å². The highest BCUT2D eigenvalue weighted by molar-refractivity contribution is 8.00. The predicted octanol–water partition coefficient (Wildman–Crippen LogP) is 1.12. The van der Waals surface area contributed by atoms with Gasteiger partial charge in [-0.25, -0.2) is 9.97 Å². The van der Waals surface area contributed by atoms with Crippen LogP contribution in [0.4, 0.5) is 0 Å². The number of nitrogens with one attached hydrogen (secondary N) is 1. The van der Waals surface area contributed by atoms with E-state index in [0.717, 1.165) is 11.4 Å². The second-order valence-corrected chi connectivity index (χ2v) is 6.07. The van der Waals surface area contributed by atoms with E-state index >= 15 is 0 Å². The lowest BCUT2D eigenvalue weighted by Gasteiger charge is -2.05. The summed E-state index contributed by atoms with van der Waals surface area (Å²) in [4.78, 5) is 30.3. The molecule has 0 radical (unpaired) electrons. The summed E-state index contributed by atoms with van der Waals surface area (Å²) in [6, 6.07) is 1.88. The maximum Gasteiger partial charge on any atom is 0.313 e. The summed E-state index contributed by atoms with van der Waals surface area (Å²) in [5.74, 6) is -0.0476. The first-order valence-corrected chi connectivity index (χ1v) is 8.12. The van der Waals surface area contributed by atoms with Gasteiger partial charge in [-0.2, -0.15) is 0 Å². The van der Waals surface area contributed by atoms with Gasteiger partial charge in [0.1, 0.15) is 0 Å². The average Bonchev–Trinajstić information content (AvgIpc) is 2.34. The summed E-state index contributed by atoms with van der Waals surface area (Å²) in [6.07, 6.45) is 0. The Kier molecular flexibility index (Phi) is 7.38. The highest BCUT2D eigenvalue weighted by Crippen LogP contribution is 2.13. The standard InChI is InChI=1S/C12H17N3O3S2/c1-8-5-9(2)15-12(14-8)20-6-10(16)13-3-4-19-7-11(17)18/h5H,3-4,6-7H2,1-2H3,(H,13,16)(H,17,18). The third-order valence-corrected chi connectivity index (χ3v) is 3.88. The van der Waals surface area contributed by atoms with Gasteiger partial charge in [0, 0.05) is 23.7 Å². The molecular formula is C12H17N3O3S2. The molecule has 1 rings (SSSR count). The van der Waals surface area contributed by atoms with Crippen molar-refractivity contribution in [3.8, 4) is 0 Å². The minimum absolute atomic E-state index is 0.0566. The summed E-state index contributed by atoms with van der Waals surface area (Å²) in [5.41, 5.74) is 1.76. The van der Waals surface area contributed by atoms with Crippen molar-refractivity contribution in [3.05, 3.63) is 17.5 Å². The van der Waals surface area contributed by atoms with Crippen LogP contribution in [0.15, 0.2) is 11.2 Å². The number of carboxylic acids is 1. The fraction of sp³-hybridized carbons (Fsp3) is 0.500. The second-order valence-electron chi connectivity index (χ2n) is 4.02. The number of carbonyl (C=O) groups excluding carboxylic acids is 1. The Labute approximate surface area is 126 Å². The quantitative estimate of drug-likeness (QED) is 0.422. The van der Waals surface area contributed by atoms with Crippen LogP contribution >= 0.6 is 23.5 Å². The van der Waals surface area contributed by atoms with Crippen molar-refractivity contribution in [2.24, 2.45) is 0 Å². The molecule has 1 aromatic rings. The monoisotopic (exact) mass is 315 g/mol. The number of carbonyl (C=O) groups is 2. The van der Waals surface area contributed by atoms with Crippen LogP contribution in [0.3, 0.4) is 0 Å². The van der Waals surface area contributed by atoms with Crippen molar-refractivity contribution in [1.29, 1.82) is 0 Å². The average molecular weight is 315 g/mol. The molecule has 0 saturated carbocycles. The number of carboxylic acid groups (broad SMARTS) is 1. The van der Waals surface area contributed by atoms with Crippen LogP contribution in [0.25, 0.3) is 0 Å². The Morgan fingerprint density at radius 3 is 2.50 bits per heavy atom. The smallest absolute Gasteiger partial charge is 0.313 e. The molecule has 0 aromatic carbocycles. The fourth-order valence-electron chi connectivity index (χ4n) is 1.36. The van der Waals surface area contributed by atoms with Gasteiger partial charge in [-0.3, -0.25) is 9.59 Å². The Hall–Kier alpha value is -1.28. The highest BCUT2D eigenvalue weighted by Gasteiger charge is 2.06. The van der Waals surface area contributed by atoms with Gasteiger partial charge in [0.15, 0.2) is 5.16 Å². The van der Waals surface area contributed by atoms with E-state index in [2.05, 4.69) is 15.3 Å². The molecule has 1 heterocycles. The Morgan fingerprint density at radius 2 is 1.90 bits per heavy atom. The zero-order chi connectivity index (χ0) is 15.0. The lowest BCUT2D eigenvalue weighted by atomic mass is 10.4. The number of aryl methyl sites for hydroxylation is 2. The summed E-state index contributed by atoms with van der Waals surface area (Å²) in [5, 5.41) is 11.8. The third kappa shape index (κ3) is 7.34. The molecule has 0 aliphatic heterocycles. The summed E-state index contributed by atoms with van der Waals surface area (Å²) in [7, 11) is 0. The van der Waals surface area contributed by atoms with E-state index in [9.17, 15) is 9.59 Å². The van der Waals surface area contributed by atoms with Gasteiger partial charge >= 0.3 is 5.97 Å². The number of thioether (sulfide) groups is 2. The normalized spacial score (nSPS) is 10.3. The molecule has 1 amide bonds. The van der Waals surface area contributed by atoms with Gasteiger partial charge in [0.25, 0.3) is 0 Å². The van der Waals surface area contributed by atoms with Crippen LogP contribution in [-0.4, -0.2) is 50.8 Å². The van der Waals surface area contributed by atoms with Crippen LogP contribution in [0.2, 0.25) is 0 Å². The van der Waals surface area contributed by atoms with Crippen molar-refractivity contribution in [3.63, 3.8) is 0 Å². The molecule has 0 aliphatic rings. The van der Waals surface area contributed by atoms with Crippen LogP contribution < -0.4 is 5.32 Å². The molecule has 2 N–H and O–H groups in total. The van der Waals surface area contributed by atoms with Crippen LogP contribution in [0.1, 0.15) is 11.4 Å². The first kappa shape index (κ1) is 16.8. The van der Waals surface area contributed by atoms with Gasteiger partial charge in [0.2, 0.25) is 5.91 Å². The number of hydrogen-bond acceptors (Lipinski definition) is 6. The topological polar surface area (TPSA) is 92.2 Å². The number of aromatic nitrogens is 2.